The Balaban J connectivity index is 2.42. The summed E-state index contributed by atoms with van der Waals surface area (Å²) in [6.45, 7) is 1.34. The standard InChI is InChI=1S/C12H15ClN2O3/c1-17-10-7-11(18-2)9(6-8(10)13)15-5-3-4-14-12(15)16/h6-7H,3-5H2,1-2H3,(H,14,16). The number of carbonyl (C=O) groups excluding carboxylic acids is 1. The summed E-state index contributed by atoms with van der Waals surface area (Å²) in [6.07, 6.45) is 0.887. The highest BCUT2D eigenvalue weighted by atomic mass is 35.5. The Morgan fingerprint density at radius 3 is 2.61 bits per heavy atom. The van der Waals surface area contributed by atoms with Crippen LogP contribution in [0.3, 0.4) is 0 Å². The molecule has 1 saturated heterocycles. The summed E-state index contributed by atoms with van der Waals surface area (Å²) in [5.41, 5.74) is 0.653. The van der Waals surface area contributed by atoms with Gasteiger partial charge in [0.15, 0.2) is 0 Å². The van der Waals surface area contributed by atoms with Gasteiger partial charge in [-0.3, -0.25) is 4.90 Å². The maximum absolute atomic E-state index is 11.8. The molecule has 0 aromatic heterocycles. The Morgan fingerprint density at radius 2 is 2.00 bits per heavy atom. The molecule has 0 saturated carbocycles. The van der Waals surface area contributed by atoms with E-state index in [9.17, 15) is 4.79 Å². The van der Waals surface area contributed by atoms with Crippen molar-refractivity contribution in [2.24, 2.45) is 0 Å². The summed E-state index contributed by atoms with van der Waals surface area (Å²) in [7, 11) is 3.09. The van der Waals surface area contributed by atoms with Crippen LogP contribution in [0.1, 0.15) is 6.42 Å². The molecule has 5 nitrogen and oxygen atoms in total. The van der Waals surface area contributed by atoms with Crippen LogP contribution < -0.4 is 19.7 Å². The molecule has 1 aliphatic heterocycles. The molecule has 98 valence electrons. The molecular formula is C12H15ClN2O3. The van der Waals surface area contributed by atoms with E-state index in [4.69, 9.17) is 21.1 Å². The second kappa shape index (κ2) is 5.35. The van der Waals surface area contributed by atoms with Crippen LogP contribution >= 0.6 is 11.6 Å². The lowest BCUT2D eigenvalue weighted by Gasteiger charge is -2.29. The number of benzene rings is 1. The van der Waals surface area contributed by atoms with Crippen molar-refractivity contribution in [3.8, 4) is 11.5 Å². The molecule has 0 spiro atoms. The smallest absolute Gasteiger partial charge is 0.321 e. The van der Waals surface area contributed by atoms with Crippen molar-refractivity contribution in [3.63, 3.8) is 0 Å². The van der Waals surface area contributed by atoms with Crippen molar-refractivity contribution in [1.29, 1.82) is 0 Å². The van der Waals surface area contributed by atoms with Gasteiger partial charge in [0.1, 0.15) is 11.5 Å². The average molecular weight is 271 g/mol. The number of urea groups is 1. The number of methoxy groups -OCH3 is 2. The maximum Gasteiger partial charge on any atom is 0.321 e. The van der Waals surface area contributed by atoms with Crippen molar-refractivity contribution in [2.45, 2.75) is 6.42 Å². The zero-order valence-electron chi connectivity index (χ0n) is 10.3. The van der Waals surface area contributed by atoms with Gasteiger partial charge in [-0.2, -0.15) is 0 Å². The van der Waals surface area contributed by atoms with E-state index in [0.29, 0.717) is 35.3 Å². The van der Waals surface area contributed by atoms with E-state index >= 15 is 0 Å². The molecule has 6 heteroatoms. The lowest BCUT2D eigenvalue weighted by molar-refractivity contribution is 0.242. The Kier molecular flexibility index (Phi) is 3.81. The highest BCUT2D eigenvalue weighted by Gasteiger charge is 2.23. The van der Waals surface area contributed by atoms with E-state index in [1.54, 1.807) is 24.1 Å². The number of carbonyl (C=O) groups is 1. The fourth-order valence-electron chi connectivity index (χ4n) is 1.91. The van der Waals surface area contributed by atoms with Gasteiger partial charge in [0.05, 0.1) is 24.9 Å². The highest BCUT2D eigenvalue weighted by Crippen LogP contribution is 2.38. The minimum atomic E-state index is -0.138. The molecule has 0 bridgehead atoms. The van der Waals surface area contributed by atoms with E-state index < -0.39 is 0 Å². The molecule has 1 aliphatic rings. The second-order valence-corrected chi connectivity index (χ2v) is 4.30. The molecule has 2 amide bonds. The Hall–Kier alpha value is -1.62. The molecule has 1 heterocycles. The van der Waals surface area contributed by atoms with Crippen molar-refractivity contribution in [2.75, 3.05) is 32.2 Å². The topological polar surface area (TPSA) is 50.8 Å². The van der Waals surface area contributed by atoms with Crippen molar-refractivity contribution in [3.05, 3.63) is 17.2 Å². The van der Waals surface area contributed by atoms with Gasteiger partial charge in [0, 0.05) is 19.2 Å². The number of anilines is 1. The maximum atomic E-state index is 11.8. The van der Waals surface area contributed by atoms with Gasteiger partial charge in [0.2, 0.25) is 0 Å². The van der Waals surface area contributed by atoms with Gasteiger partial charge < -0.3 is 14.8 Å². The first-order chi connectivity index (χ1) is 8.67. The molecule has 0 radical (unpaired) electrons. The molecule has 1 aromatic carbocycles. The molecule has 18 heavy (non-hydrogen) atoms. The zero-order valence-corrected chi connectivity index (χ0v) is 11.1. The highest BCUT2D eigenvalue weighted by molar-refractivity contribution is 6.32. The summed E-state index contributed by atoms with van der Waals surface area (Å²) in [6, 6.07) is 3.23. The first-order valence-corrected chi connectivity index (χ1v) is 6.02. The predicted octanol–water partition coefficient (Wildman–Crippen LogP) is 2.28. The Bertz CT molecular complexity index is 465. The predicted molar refractivity (Wildman–Crippen MR) is 69.9 cm³/mol. The van der Waals surface area contributed by atoms with Gasteiger partial charge >= 0.3 is 6.03 Å². The molecule has 0 aliphatic carbocycles. The minimum Gasteiger partial charge on any atom is -0.495 e. The van der Waals surface area contributed by atoms with E-state index in [-0.39, 0.29) is 6.03 Å². The fraction of sp³-hybridized carbons (Fsp3) is 0.417. The van der Waals surface area contributed by atoms with Gasteiger partial charge in [-0.25, -0.2) is 4.79 Å². The number of nitrogens with one attached hydrogen (secondary N) is 1. The minimum absolute atomic E-state index is 0.138. The summed E-state index contributed by atoms with van der Waals surface area (Å²) in [5.74, 6) is 1.09. The molecule has 0 atom stereocenters. The number of halogens is 1. The van der Waals surface area contributed by atoms with Crippen LogP contribution in [0.5, 0.6) is 11.5 Å². The number of amides is 2. The molecule has 2 rings (SSSR count). The first-order valence-electron chi connectivity index (χ1n) is 5.64. The number of rotatable bonds is 3. The quantitative estimate of drug-likeness (QED) is 0.917. The number of hydrogen-bond donors (Lipinski definition) is 1. The lowest BCUT2D eigenvalue weighted by atomic mass is 10.2. The van der Waals surface area contributed by atoms with Crippen LogP contribution in [-0.2, 0) is 0 Å². The zero-order chi connectivity index (χ0) is 13.1. The average Bonchev–Trinajstić information content (AvgIpc) is 2.39. The number of ether oxygens (including phenoxy) is 2. The van der Waals surface area contributed by atoms with Crippen molar-refractivity contribution >= 4 is 23.3 Å². The van der Waals surface area contributed by atoms with Gasteiger partial charge in [-0.15, -0.1) is 0 Å². The Labute approximate surface area is 111 Å². The largest absolute Gasteiger partial charge is 0.495 e. The van der Waals surface area contributed by atoms with Gasteiger partial charge in [0.25, 0.3) is 0 Å². The normalized spacial score (nSPS) is 15.3. The van der Waals surface area contributed by atoms with Crippen molar-refractivity contribution in [1.82, 2.24) is 5.32 Å². The number of nitrogens with zero attached hydrogens (tertiary/aromatic N) is 1. The van der Waals surface area contributed by atoms with Crippen LogP contribution in [0.25, 0.3) is 0 Å². The van der Waals surface area contributed by atoms with E-state index in [1.807, 2.05) is 0 Å². The summed E-state index contributed by atoms with van der Waals surface area (Å²) in [4.78, 5) is 13.4. The van der Waals surface area contributed by atoms with E-state index in [2.05, 4.69) is 5.32 Å². The third-order valence-electron chi connectivity index (χ3n) is 2.82. The van der Waals surface area contributed by atoms with Crippen molar-refractivity contribution < 1.29 is 14.3 Å². The number of hydrogen-bond acceptors (Lipinski definition) is 3. The van der Waals surface area contributed by atoms with Gasteiger partial charge in [-0.1, -0.05) is 11.6 Å². The van der Waals surface area contributed by atoms with Crippen LogP contribution in [0.15, 0.2) is 12.1 Å². The lowest BCUT2D eigenvalue weighted by Crippen LogP contribution is -2.46. The summed E-state index contributed by atoms with van der Waals surface area (Å²) >= 11 is 6.09. The van der Waals surface area contributed by atoms with Crippen LogP contribution in [0.4, 0.5) is 10.5 Å². The first kappa shape index (κ1) is 12.8. The third kappa shape index (κ3) is 2.31. The molecule has 1 fully saturated rings. The fourth-order valence-corrected chi connectivity index (χ4v) is 2.15. The molecule has 1 N–H and O–H groups in total. The SMILES string of the molecule is COc1cc(OC)c(N2CCCNC2=O)cc1Cl. The molecular weight excluding hydrogens is 256 g/mol. The summed E-state index contributed by atoms with van der Waals surface area (Å²) < 4.78 is 10.4. The van der Waals surface area contributed by atoms with Crippen LogP contribution in [0, 0.1) is 0 Å². The van der Waals surface area contributed by atoms with E-state index in [1.165, 1.54) is 7.11 Å². The monoisotopic (exact) mass is 270 g/mol. The van der Waals surface area contributed by atoms with Crippen LogP contribution in [0.2, 0.25) is 5.02 Å². The Morgan fingerprint density at radius 1 is 1.28 bits per heavy atom. The van der Waals surface area contributed by atoms with E-state index in [0.717, 1.165) is 6.42 Å². The third-order valence-corrected chi connectivity index (χ3v) is 3.12. The molecule has 0 unspecified atom stereocenters. The molecule has 1 aromatic rings. The van der Waals surface area contributed by atoms with Gasteiger partial charge in [-0.05, 0) is 12.5 Å². The van der Waals surface area contributed by atoms with Crippen LogP contribution in [-0.4, -0.2) is 33.3 Å². The second-order valence-electron chi connectivity index (χ2n) is 3.90. The summed E-state index contributed by atoms with van der Waals surface area (Å²) in [5, 5.41) is 3.24.